The molecule has 1 aliphatic carbocycles. The molecule has 0 amide bonds. The van der Waals surface area contributed by atoms with Crippen LogP contribution in [0.15, 0.2) is 174 Å². The first-order valence-corrected chi connectivity index (χ1v) is 18.7. The standard InChI is InChI=1S/C50H39NO/c1-2-15-35(16-3-1)41-27-12-19-36-20-13-28-43(49(36)41)42-24-6-8-29-45(42)51(46-30-14-32-48-50(46)44-25-7-9-31-47(44)52-48)38-22-10-21-37(33-38)40-26-11-18-34-17-4-5-23-39(34)40/h4-14,17-33,35H,1-3,15-16H2. The summed E-state index contributed by atoms with van der Waals surface area (Å²) in [5.74, 6) is 0.588. The Kier molecular flexibility index (Phi) is 7.61. The maximum Gasteiger partial charge on any atom is 0.137 e. The summed E-state index contributed by atoms with van der Waals surface area (Å²) in [5.41, 5.74) is 11.5. The third-order valence-corrected chi connectivity index (χ3v) is 11.2. The summed E-state index contributed by atoms with van der Waals surface area (Å²) < 4.78 is 6.49. The highest BCUT2D eigenvalue weighted by molar-refractivity contribution is 6.14. The van der Waals surface area contributed by atoms with Crippen LogP contribution < -0.4 is 4.90 Å². The fraction of sp³-hybridized carbons (Fsp3) is 0.120. The van der Waals surface area contributed by atoms with Gasteiger partial charge < -0.3 is 9.32 Å². The van der Waals surface area contributed by atoms with Gasteiger partial charge in [0.15, 0.2) is 0 Å². The van der Waals surface area contributed by atoms with Gasteiger partial charge in [0.25, 0.3) is 0 Å². The van der Waals surface area contributed by atoms with E-state index in [0.29, 0.717) is 5.92 Å². The van der Waals surface area contributed by atoms with Gasteiger partial charge in [-0.05, 0) is 99.0 Å². The van der Waals surface area contributed by atoms with E-state index in [1.54, 1.807) is 0 Å². The lowest BCUT2D eigenvalue weighted by Crippen LogP contribution is -2.12. The number of benzene rings is 8. The SMILES string of the molecule is c1cc(-c2cccc3ccccc23)cc(N(c2ccccc2-c2cccc3cccc(C4CCCCC4)c23)c2cccc3oc4ccccc4c23)c1. The smallest absolute Gasteiger partial charge is 0.137 e. The Morgan fingerprint density at radius 3 is 1.98 bits per heavy atom. The van der Waals surface area contributed by atoms with Crippen molar-refractivity contribution in [1.29, 1.82) is 0 Å². The van der Waals surface area contributed by atoms with Crippen molar-refractivity contribution in [3.8, 4) is 22.3 Å². The van der Waals surface area contributed by atoms with Gasteiger partial charge in [-0.1, -0.05) is 153 Å². The molecule has 0 N–H and O–H groups in total. The van der Waals surface area contributed by atoms with Crippen molar-refractivity contribution in [1.82, 2.24) is 0 Å². The lowest BCUT2D eigenvalue weighted by atomic mass is 9.80. The summed E-state index contributed by atoms with van der Waals surface area (Å²) in [6.45, 7) is 0. The normalized spacial score (nSPS) is 13.7. The summed E-state index contributed by atoms with van der Waals surface area (Å²) >= 11 is 0. The maximum atomic E-state index is 6.49. The molecule has 1 saturated carbocycles. The van der Waals surface area contributed by atoms with Crippen LogP contribution in [0.4, 0.5) is 17.1 Å². The minimum atomic E-state index is 0.588. The molecule has 0 spiro atoms. The van der Waals surface area contributed by atoms with Crippen LogP contribution in [0.3, 0.4) is 0 Å². The van der Waals surface area contributed by atoms with Crippen LogP contribution in [0, 0.1) is 0 Å². The van der Waals surface area contributed by atoms with Crippen LogP contribution in [0.25, 0.3) is 65.7 Å². The van der Waals surface area contributed by atoms with Crippen LogP contribution in [0.1, 0.15) is 43.6 Å². The highest BCUT2D eigenvalue weighted by Crippen LogP contribution is 2.48. The van der Waals surface area contributed by atoms with E-state index in [0.717, 1.165) is 39.0 Å². The zero-order valence-electron chi connectivity index (χ0n) is 29.1. The van der Waals surface area contributed by atoms with Gasteiger partial charge in [0.1, 0.15) is 11.2 Å². The van der Waals surface area contributed by atoms with E-state index < -0.39 is 0 Å². The molecule has 1 aromatic heterocycles. The van der Waals surface area contributed by atoms with Crippen molar-refractivity contribution >= 4 is 60.5 Å². The zero-order valence-corrected chi connectivity index (χ0v) is 29.1. The van der Waals surface area contributed by atoms with E-state index in [9.17, 15) is 0 Å². The van der Waals surface area contributed by atoms with Gasteiger partial charge in [-0.15, -0.1) is 0 Å². The molecule has 0 radical (unpaired) electrons. The largest absolute Gasteiger partial charge is 0.456 e. The lowest BCUT2D eigenvalue weighted by Gasteiger charge is -2.30. The number of furan rings is 1. The molecule has 0 saturated heterocycles. The summed E-state index contributed by atoms with van der Waals surface area (Å²) in [4.78, 5) is 2.47. The third-order valence-electron chi connectivity index (χ3n) is 11.2. The number of rotatable bonds is 6. The van der Waals surface area contributed by atoms with E-state index in [2.05, 4.69) is 175 Å². The molecule has 9 aromatic rings. The maximum absolute atomic E-state index is 6.49. The molecule has 0 atom stereocenters. The zero-order chi connectivity index (χ0) is 34.4. The summed E-state index contributed by atoms with van der Waals surface area (Å²) in [6, 6.07) is 62.0. The molecule has 250 valence electrons. The number of hydrogen-bond donors (Lipinski definition) is 0. The monoisotopic (exact) mass is 669 g/mol. The first-order valence-electron chi connectivity index (χ1n) is 18.7. The first-order chi connectivity index (χ1) is 25.8. The van der Waals surface area contributed by atoms with Crippen molar-refractivity contribution in [2.75, 3.05) is 4.90 Å². The van der Waals surface area contributed by atoms with Gasteiger partial charge in [-0.2, -0.15) is 0 Å². The molecule has 1 fully saturated rings. The minimum absolute atomic E-state index is 0.588. The minimum Gasteiger partial charge on any atom is -0.456 e. The van der Waals surface area contributed by atoms with E-state index in [-0.39, 0.29) is 0 Å². The molecule has 8 aromatic carbocycles. The predicted octanol–water partition coefficient (Wildman–Crippen LogP) is 14.7. The Hall–Kier alpha value is -6.12. The molecule has 0 bridgehead atoms. The van der Waals surface area contributed by atoms with Crippen molar-refractivity contribution in [2.24, 2.45) is 0 Å². The molecule has 0 aliphatic heterocycles. The fourth-order valence-electron chi connectivity index (χ4n) is 8.88. The molecule has 10 rings (SSSR count). The highest BCUT2D eigenvalue weighted by atomic mass is 16.3. The second kappa shape index (κ2) is 12.9. The molecule has 1 aliphatic rings. The van der Waals surface area contributed by atoms with Gasteiger partial charge in [-0.3, -0.25) is 0 Å². The van der Waals surface area contributed by atoms with E-state index in [4.69, 9.17) is 4.42 Å². The Morgan fingerprint density at radius 1 is 0.442 bits per heavy atom. The summed E-state index contributed by atoms with van der Waals surface area (Å²) in [5, 5.41) is 7.42. The number of hydrogen-bond acceptors (Lipinski definition) is 2. The fourth-order valence-corrected chi connectivity index (χ4v) is 8.88. The molecule has 1 heterocycles. The molecular weight excluding hydrogens is 631 g/mol. The van der Waals surface area contributed by atoms with Gasteiger partial charge in [-0.25, -0.2) is 0 Å². The van der Waals surface area contributed by atoms with Gasteiger partial charge in [0.2, 0.25) is 0 Å². The van der Waals surface area contributed by atoms with E-state index in [1.807, 2.05) is 0 Å². The molecule has 52 heavy (non-hydrogen) atoms. The van der Waals surface area contributed by atoms with Gasteiger partial charge >= 0.3 is 0 Å². The lowest BCUT2D eigenvalue weighted by molar-refractivity contribution is 0.445. The average Bonchev–Trinajstić information content (AvgIpc) is 3.60. The number of fused-ring (bicyclic) bond motifs is 5. The number of nitrogens with zero attached hydrogens (tertiary/aromatic N) is 1. The number of anilines is 3. The highest BCUT2D eigenvalue weighted by Gasteiger charge is 2.25. The van der Waals surface area contributed by atoms with Gasteiger partial charge in [0, 0.05) is 16.6 Å². The van der Waals surface area contributed by atoms with Crippen molar-refractivity contribution in [2.45, 2.75) is 38.0 Å². The predicted molar refractivity (Wildman–Crippen MR) is 220 cm³/mol. The Bertz CT molecular complexity index is 2740. The molecule has 2 nitrogen and oxygen atoms in total. The van der Waals surface area contributed by atoms with Crippen LogP contribution in [0.5, 0.6) is 0 Å². The van der Waals surface area contributed by atoms with Crippen LogP contribution in [0.2, 0.25) is 0 Å². The Morgan fingerprint density at radius 2 is 1.08 bits per heavy atom. The number of para-hydroxylation sites is 2. The molecular formula is C50H39NO. The molecule has 2 heteroatoms. The quantitative estimate of drug-likeness (QED) is 0.175. The summed E-state index contributed by atoms with van der Waals surface area (Å²) in [6.07, 6.45) is 6.49. The third kappa shape index (κ3) is 5.17. The topological polar surface area (TPSA) is 16.4 Å². The first kappa shape index (κ1) is 30.7. The van der Waals surface area contributed by atoms with Crippen LogP contribution >= 0.6 is 0 Å². The second-order valence-corrected chi connectivity index (χ2v) is 14.3. The average molecular weight is 670 g/mol. The van der Waals surface area contributed by atoms with Gasteiger partial charge in [0.05, 0.1) is 16.8 Å². The Balaban J connectivity index is 1.25. The van der Waals surface area contributed by atoms with E-state index >= 15 is 0 Å². The van der Waals surface area contributed by atoms with E-state index in [1.165, 1.54) is 81.5 Å². The van der Waals surface area contributed by atoms with Crippen molar-refractivity contribution in [3.05, 3.63) is 175 Å². The van der Waals surface area contributed by atoms with Crippen molar-refractivity contribution < 1.29 is 4.42 Å². The van der Waals surface area contributed by atoms with Crippen molar-refractivity contribution in [3.63, 3.8) is 0 Å². The summed E-state index contributed by atoms with van der Waals surface area (Å²) in [7, 11) is 0. The Labute approximate surface area is 304 Å². The second-order valence-electron chi connectivity index (χ2n) is 14.3. The van der Waals surface area contributed by atoms with Crippen LogP contribution in [-0.2, 0) is 0 Å². The molecule has 0 unspecified atom stereocenters. The van der Waals surface area contributed by atoms with Crippen LogP contribution in [-0.4, -0.2) is 0 Å².